The molecule has 0 aromatic heterocycles. The quantitative estimate of drug-likeness (QED) is 0.740. The number of thioether (sulfide) groups is 1. The van der Waals surface area contributed by atoms with Crippen LogP contribution in [0.25, 0.3) is 0 Å². The molecule has 90 valence electrons. The monoisotopic (exact) mass is 257 g/mol. The molecule has 0 fully saturated rings. The van der Waals surface area contributed by atoms with Crippen LogP contribution in [0, 0.1) is 0 Å². The Bertz CT molecular complexity index is 315. The molecule has 3 heteroatoms. The standard InChI is InChI=1S/C13H20ClNS/c1-2-3-4-7-16-10-12-6-5-11(9-15)8-13(12)14/h5-6,8H,2-4,7,9-10,15H2,1H3. The zero-order chi connectivity index (χ0) is 11.8. The van der Waals surface area contributed by atoms with Gasteiger partial charge in [0.2, 0.25) is 0 Å². The molecule has 0 aliphatic rings. The lowest BCUT2D eigenvalue weighted by molar-refractivity contribution is 0.778. The Morgan fingerprint density at radius 3 is 2.75 bits per heavy atom. The lowest BCUT2D eigenvalue weighted by atomic mass is 10.1. The second-order valence-corrected chi connectivity index (χ2v) is 5.40. The van der Waals surface area contributed by atoms with E-state index >= 15 is 0 Å². The first-order chi connectivity index (χ1) is 7.77. The number of rotatable bonds is 7. The fourth-order valence-electron chi connectivity index (χ4n) is 1.47. The average molecular weight is 258 g/mol. The van der Waals surface area contributed by atoms with Gasteiger partial charge in [-0.15, -0.1) is 0 Å². The van der Waals surface area contributed by atoms with Crippen LogP contribution >= 0.6 is 23.4 Å². The Labute approximate surface area is 108 Å². The van der Waals surface area contributed by atoms with Crippen molar-refractivity contribution in [3.63, 3.8) is 0 Å². The van der Waals surface area contributed by atoms with Crippen LogP contribution < -0.4 is 5.73 Å². The third-order valence-electron chi connectivity index (χ3n) is 2.50. The Hall–Kier alpha value is -0.180. The Morgan fingerprint density at radius 2 is 2.12 bits per heavy atom. The largest absolute Gasteiger partial charge is 0.326 e. The maximum Gasteiger partial charge on any atom is 0.0449 e. The summed E-state index contributed by atoms with van der Waals surface area (Å²) in [4.78, 5) is 0. The summed E-state index contributed by atoms with van der Waals surface area (Å²) >= 11 is 8.14. The molecule has 1 rings (SSSR count). The zero-order valence-corrected chi connectivity index (χ0v) is 11.4. The molecule has 0 aliphatic heterocycles. The predicted molar refractivity (Wildman–Crippen MR) is 75.0 cm³/mol. The molecule has 0 unspecified atom stereocenters. The van der Waals surface area contributed by atoms with Crippen molar-refractivity contribution in [1.29, 1.82) is 0 Å². The minimum atomic E-state index is 0.559. The first-order valence-corrected chi connectivity index (χ1v) is 7.36. The molecule has 0 amide bonds. The van der Waals surface area contributed by atoms with Gasteiger partial charge in [0.25, 0.3) is 0 Å². The Balaban J connectivity index is 2.36. The second-order valence-electron chi connectivity index (χ2n) is 3.89. The van der Waals surface area contributed by atoms with Gasteiger partial charge >= 0.3 is 0 Å². The van der Waals surface area contributed by atoms with E-state index in [2.05, 4.69) is 19.1 Å². The fraction of sp³-hybridized carbons (Fsp3) is 0.538. The maximum atomic E-state index is 6.18. The van der Waals surface area contributed by atoms with Crippen molar-refractivity contribution in [3.05, 3.63) is 34.3 Å². The van der Waals surface area contributed by atoms with E-state index in [9.17, 15) is 0 Å². The summed E-state index contributed by atoms with van der Waals surface area (Å²) in [5.74, 6) is 2.23. The highest BCUT2D eigenvalue weighted by molar-refractivity contribution is 7.98. The minimum Gasteiger partial charge on any atom is -0.326 e. The average Bonchev–Trinajstić information content (AvgIpc) is 2.30. The van der Waals surface area contributed by atoms with E-state index in [1.54, 1.807) is 0 Å². The lowest BCUT2D eigenvalue weighted by Gasteiger charge is -2.06. The SMILES string of the molecule is CCCCCSCc1ccc(CN)cc1Cl. The molecular weight excluding hydrogens is 238 g/mol. The van der Waals surface area contributed by atoms with Gasteiger partial charge in [0.15, 0.2) is 0 Å². The van der Waals surface area contributed by atoms with Gasteiger partial charge in [0, 0.05) is 17.3 Å². The van der Waals surface area contributed by atoms with E-state index in [1.165, 1.54) is 30.6 Å². The number of benzene rings is 1. The predicted octanol–water partition coefficient (Wildman–Crippen LogP) is 4.22. The molecular formula is C13H20ClNS. The number of halogens is 1. The van der Waals surface area contributed by atoms with Crippen LogP contribution in [0.5, 0.6) is 0 Å². The third kappa shape index (κ3) is 4.77. The number of unbranched alkanes of at least 4 members (excludes halogenated alkanes) is 2. The van der Waals surface area contributed by atoms with Crippen LogP contribution in [0.1, 0.15) is 37.3 Å². The summed E-state index contributed by atoms with van der Waals surface area (Å²) in [6.45, 7) is 2.79. The topological polar surface area (TPSA) is 26.0 Å². The van der Waals surface area contributed by atoms with Crippen molar-refractivity contribution in [1.82, 2.24) is 0 Å². The molecule has 0 saturated carbocycles. The van der Waals surface area contributed by atoms with Gasteiger partial charge in [-0.3, -0.25) is 0 Å². The van der Waals surface area contributed by atoms with E-state index in [0.717, 1.165) is 16.3 Å². The summed E-state index contributed by atoms with van der Waals surface area (Å²) in [7, 11) is 0. The summed E-state index contributed by atoms with van der Waals surface area (Å²) in [5.41, 5.74) is 7.88. The highest BCUT2D eigenvalue weighted by Gasteiger charge is 2.01. The van der Waals surface area contributed by atoms with E-state index in [1.807, 2.05) is 17.8 Å². The Kier molecular flexibility index (Phi) is 6.93. The van der Waals surface area contributed by atoms with Gasteiger partial charge in [-0.05, 0) is 29.4 Å². The van der Waals surface area contributed by atoms with Crippen molar-refractivity contribution < 1.29 is 0 Å². The summed E-state index contributed by atoms with van der Waals surface area (Å²) < 4.78 is 0. The number of nitrogens with two attached hydrogens (primary N) is 1. The molecule has 0 bridgehead atoms. The first-order valence-electron chi connectivity index (χ1n) is 5.83. The molecule has 0 spiro atoms. The molecule has 2 N–H and O–H groups in total. The number of hydrogen-bond acceptors (Lipinski definition) is 2. The minimum absolute atomic E-state index is 0.559. The van der Waals surface area contributed by atoms with Gasteiger partial charge in [0.05, 0.1) is 0 Å². The first kappa shape index (κ1) is 13.9. The van der Waals surface area contributed by atoms with Gasteiger partial charge < -0.3 is 5.73 Å². The van der Waals surface area contributed by atoms with Gasteiger partial charge in [0.1, 0.15) is 0 Å². The summed E-state index contributed by atoms with van der Waals surface area (Å²) in [6.07, 6.45) is 3.92. The highest BCUT2D eigenvalue weighted by atomic mass is 35.5. The lowest BCUT2D eigenvalue weighted by Crippen LogP contribution is -1.96. The Morgan fingerprint density at radius 1 is 1.31 bits per heavy atom. The molecule has 1 aromatic carbocycles. The maximum absolute atomic E-state index is 6.18. The smallest absolute Gasteiger partial charge is 0.0449 e. The van der Waals surface area contributed by atoms with Crippen LogP contribution in [0.2, 0.25) is 5.02 Å². The van der Waals surface area contributed by atoms with E-state index in [0.29, 0.717) is 6.54 Å². The van der Waals surface area contributed by atoms with E-state index < -0.39 is 0 Å². The third-order valence-corrected chi connectivity index (χ3v) is 3.95. The molecule has 0 heterocycles. The molecule has 0 atom stereocenters. The molecule has 0 radical (unpaired) electrons. The van der Waals surface area contributed by atoms with Crippen molar-refractivity contribution in [2.45, 2.75) is 38.5 Å². The van der Waals surface area contributed by atoms with Crippen LogP contribution in [0.3, 0.4) is 0 Å². The molecule has 16 heavy (non-hydrogen) atoms. The van der Waals surface area contributed by atoms with Crippen LogP contribution in [0.4, 0.5) is 0 Å². The zero-order valence-electron chi connectivity index (χ0n) is 9.84. The highest BCUT2D eigenvalue weighted by Crippen LogP contribution is 2.23. The van der Waals surface area contributed by atoms with Gasteiger partial charge in [-0.2, -0.15) is 11.8 Å². The van der Waals surface area contributed by atoms with Gasteiger partial charge in [-0.1, -0.05) is 43.5 Å². The normalized spacial score (nSPS) is 10.7. The second kappa shape index (κ2) is 7.99. The van der Waals surface area contributed by atoms with Crippen molar-refractivity contribution in [2.24, 2.45) is 5.73 Å². The molecule has 0 aliphatic carbocycles. The van der Waals surface area contributed by atoms with Gasteiger partial charge in [-0.25, -0.2) is 0 Å². The van der Waals surface area contributed by atoms with Crippen molar-refractivity contribution in [2.75, 3.05) is 5.75 Å². The van der Waals surface area contributed by atoms with Crippen LogP contribution in [-0.2, 0) is 12.3 Å². The van der Waals surface area contributed by atoms with E-state index in [-0.39, 0.29) is 0 Å². The molecule has 1 aromatic rings. The summed E-state index contributed by atoms with van der Waals surface area (Å²) in [5, 5.41) is 0.853. The van der Waals surface area contributed by atoms with Crippen molar-refractivity contribution >= 4 is 23.4 Å². The molecule has 0 saturated heterocycles. The fourth-order valence-corrected chi connectivity index (χ4v) is 2.84. The van der Waals surface area contributed by atoms with Crippen molar-refractivity contribution in [3.8, 4) is 0 Å². The van der Waals surface area contributed by atoms with Crippen LogP contribution in [-0.4, -0.2) is 5.75 Å². The van der Waals surface area contributed by atoms with E-state index in [4.69, 9.17) is 17.3 Å². The summed E-state index contributed by atoms with van der Waals surface area (Å²) in [6, 6.07) is 6.13. The number of hydrogen-bond donors (Lipinski definition) is 1. The van der Waals surface area contributed by atoms with Crippen LogP contribution in [0.15, 0.2) is 18.2 Å². The molecule has 1 nitrogen and oxygen atoms in total.